The summed E-state index contributed by atoms with van der Waals surface area (Å²) in [6.07, 6.45) is -0.498. The average molecular weight is 318 g/mol. The minimum atomic E-state index is -0.498. The van der Waals surface area contributed by atoms with Crippen molar-refractivity contribution in [2.75, 3.05) is 20.3 Å². The van der Waals surface area contributed by atoms with Crippen LogP contribution in [-0.2, 0) is 0 Å². The van der Waals surface area contributed by atoms with E-state index in [0.717, 1.165) is 11.5 Å². The highest BCUT2D eigenvalue weighted by atomic mass is 35.5. The molecule has 1 aromatic carbocycles. The van der Waals surface area contributed by atoms with Crippen molar-refractivity contribution in [1.29, 1.82) is 0 Å². The zero-order valence-electron chi connectivity index (χ0n) is 13.6. The maximum atomic E-state index is 10.1. The van der Waals surface area contributed by atoms with E-state index in [2.05, 4.69) is 32.6 Å². The first-order valence-corrected chi connectivity index (χ1v) is 7.14. The van der Waals surface area contributed by atoms with Crippen LogP contribution in [0.25, 0.3) is 0 Å². The van der Waals surface area contributed by atoms with Crippen LogP contribution in [0.15, 0.2) is 24.3 Å². The lowest BCUT2D eigenvalue weighted by molar-refractivity contribution is 0.0445. The molecule has 0 aliphatic rings. The van der Waals surface area contributed by atoms with Crippen LogP contribution < -0.4 is 9.47 Å². The van der Waals surface area contributed by atoms with Gasteiger partial charge in [-0.15, -0.1) is 12.4 Å². The number of hydrogen-bond donors (Lipinski definition) is 1. The Morgan fingerprint density at radius 1 is 1.00 bits per heavy atom. The molecule has 0 aliphatic carbocycles. The van der Waals surface area contributed by atoms with Gasteiger partial charge in [-0.3, -0.25) is 4.90 Å². The maximum absolute atomic E-state index is 10.1. The number of aliphatic hydroxyl groups is 1. The minimum Gasteiger partial charge on any atom is -0.497 e. The third-order valence-corrected chi connectivity index (χ3v) is 3.25. The Balaban J connectivity index is 0.00000400. The molecule has 122 valence electrons. The van der Waals surface area contributed by atoms with Crippen LogP contribution in [0.1, 0.15) is 27.7 Å². The molecule has 0 saturated heterocycles. The number of hydrogen-bond acceptors (Lipinski definition) is 4. The normalized spacial score (nSPS) is 12.4. The van der Waals surface area contributed by atoms with Crippen LogP contribution in [0, 0.1) is 0 Å². The number of rotatable bonds is 8. The summed E-state index contributed by atoms with van der Waals surface area (Å²) in [5.41, 5.74) is 0. The SMILES string of the molecule is COc1ccc(OCC(O)CN(C(C)C)C(C)C)cc1.Cl. The highest BCUT2D eigenvalue weighted by molar-refractivity contribution is 5.85. The van der Waals surface area contributed by atoms with Gasteiger partial charge < -0.3 is 14.6 Å². The lowest BCUT2D eigenvalue weighted by Crippen LogP contribution is -2.43. The molecule has 0 amide bonds. The second kappa shape index (κ2) is 9.87. The number of halogens is 1. The van der Waals surface area contributed by atoms with Gasteiger partial charge in [0.15, 0.2) is 0 Å². The molecule has 4 nitrogen and oxygen atoms in total. The maximum Gasteiger partial charge on any atom is 0.119 e. The molecule has 0 aliphatic heterocycles. The van der Waals surface area contributed by atoms with Crippen LogP contribution in [0.5, 0.6) is 11.5 Å². The number of methoxy groups -OCH3 is 1. The Bertz CT molecular complexity index is 374. The molecule has 1 N–H and O–H groups in total. The van der Waals surface area contributed by atoms with Crippen molar-refractivity contribution >= 4 is 12.4 Å². The van der Waals surface area contributed by atoms with Gasteiger partial charge in [-0.2, -0.15) is 0 Å². The van der Waals surface area contributed by atoms with Gasteiger partial charge in [0.2, 0.25) is 0 Å². The van der Waals surface area contributed by atoms with E-state index in [9.17, 15) is 5.11 Å². The third kappa shape index (κ3) is 7.02. The monoisotopic (exact) mass is 317 g/mol. The molecular weight excluding hydrogens is 290 g/mol. The summed E-state index contributed by atoms with van der Waals surface area (Å²) in [6, 6.07) is 8.19. The third-order valence-electron chi connectivity index (χ3n) is 3.25. The Labute approximate surface area is 134 Å². The highest BCUT2D eigenvalue weighted by Crippen LogP contribution is 2.17. The molecule has 1 aromatic rings. The molecule has 0 radical (unpaired) electrons. The fourth-order valence-corrected chi connectivity index (χ4v) is 2.18. The van der Waals surface area contributed by atoms with E-state index >= 15 is 0 Å². The number of nitrogens with zero attached hydrogens (tertiary/aromatic N) is 1. The van der Waals surface area contributed by atoms with E-state index in [1.807, 2.05) is 24.3 Å². The van der Waals surface area contributed by atoms with Crippen LogP contribution in [0.2, 0.25) is 0 Å². The van der Waals surface area contributed by atoms with Gasteiger partial charge >= 0.3 is 0 Å². The largest absolute Gasteiger partial charge is 0.497 e. The zero-order valence-corrected chi connectivity index (χ0v) is 14.4. The van der Waals surface area contributed by atoms with E-state index in [4.69, 9.17) is 9.47 Å². The molecule has 0 bridgehead atoms. The second-order valence-corrected chi connectivity index (χ2v) is 5.52. The first kappa shape index (κ1) is 20.0. The average Bonchev–Trinajstić information content (AvgIpc) is 2.42. The summed E-state index contributed by atoms with van der Waals surface area (Å²) < 4.78 is 10.7. The van der Waals surface area contributed by atoms with Crippen molar-refractivity contribution in [3.63, 3.8) is 0 Å². The van der Waals surface area contributed by atoms with Gasteiger partial charge in [-0.1, -0.05) is 0 Å². The molecule has 1 atom stereocenters. The van der Waals surface area contributed by atoms with Crippen LogP contribution in [0.3, 0.4) is 0 Å². The van der Waals surface area contributed by atoms with E-state index < -0.39 is 6.10 Å². The number of aliphatic hydroxyl groups excluding tert-OH is 1. The van der Waals surface area contributed by atoms with Gasteiger partial charge in [0, 0.05) is 18.6 Å². The first-order chi connectivity index (χ1) is 9.43. The van der Waals surface area contributed by atoms with Crippen molar-refractivity contribution in [3.05, 3.63) is 24.3 Å². The summed E-state index contributed by atoms with van der Waals surface area (Å²) in [6.45, 7) is 9.45. The van der Waals surface area contributed by atoms with Crippen LogP contribution in [-0.4, -0.2) is 48.5 Å². The van der Waals surface area contributed by atoms with Crippen molar-refractivity contribution in [1.82, 2.24) is 4.90 Å². The van der Waals surface area contributed by atoms with Crippen molar-refractivity contribution < 1.29 is 14.6 Å². The van der Waals surface area contributed by atoms with E-state index in [-0.39, 0.29) is 12.4 Å². The van der Waals surface area contributed by atoms with Crippen molar-refractivity contribution in [2.24, 2.45) is 0 Å². The summed E-state index contributed by atoms with van der Waals surface area (Å²) >= 11 is 0. The van der Waals surface area contributed by atoms with E-state index in [1.54, 1.807) is 7.11 Å². The predicted molar refractivity (Wildman–Crippen MR) is 88.7 cm³/mol. The molecule has 1 rings (SSSR count). The molecule has 1 unspecified atom stereocenters. The summed E-state index contributed by atoms with van der Waals surface area (Å²) in [7, 11) is 1.63. The molecule has 0 spiro atoms. The van der Waals surface area contributed by atoms with Gasteiger partial charge in [0.05, 0.1) is 7.11 Å². The Morgan fingerprint density at radius 2 is 1.48 bits per heavy atom. The zero-order chi connectivity index (χ0) is 15.1. The highest BCUT2D eigenvalue weighted by Gasteiger charge is 2.17. The summed E-state index contributed by atoms with van der Waals surface area (Å²) in [5.74, 6) is 1.54. The molecular formula is C16H28ClNO3. The predicted octanol–water partition coefficient (Wildman–Crippen LogP) is 2.98. The molecule has 21 heavy (non-hydrogen) atoms. The fourth-order valence-electron chi connectivity index (χ4n) is 2.18. The van der Waals surface area contributed by atoms with E-state index in [0.29, 0.717) is 25.2 Å². The van der Waals surface area contributed by atoms with Gasteiger partial charge in [0.25, 0.3) is 0 Å². The van der Waals surface area contributed by atoms with Crippen LogP contribution in [0.4, 0.5) is 0 Å². The Kier molecular flexibility index (Phi) is 9.42. The molecule has 5 heteroatoms. The van der Waals surface area contributed by atoms with Crippen LogP contribution >= 0.6 is 12.4 Å². The molecule has 0 fully saturated rings. The fraction of sp³-hybridized carbons (Fsp3) is 0.625. The standard InChI is InChI=1S/C16H27NO3.ClH/c1-12(2)17(13(3)4)10-14(18)11-20-16-8-6-15(19-5)7-9-16;/h6-9,12-14,18H,10-11H2,1-5H3;1H. The smallest absolute Gasteiger partial charge is 0.119 e. The quantitative estimate of drug-likeness (QED) is 0.800. The summed E-state index contributed by atoms with van der Waals surface area (Å²) in [4.78, 5) is 2.25. The lowest BCUT2D eigenvalue weighted by atomic mass is 10.2. The number of benzene rings is 1. The molecule has 0 heterocycles. The molecule has 0 aromatic heterocycles. The lowest BCUT2D eigenvalue weighted by Gasteiger charge is -2.32. The minimum absolute atomic E-state index is 0. The molecule has 0 saturated carbocycles. The van der Waals surface area contributed by atoms with Crippen molar-refractivity contribution in [2.45, 2.75) is 45.9 Å². The second-order valence-electron chi connectivity index (χ2n) is 5.52. The van der Waals surface area contributed by atoms with Gasteiger partial charge in [-0.05, 0) is 52.0 Å². The summed E-state index contributed by atoms with van der Waals surface area (Å²) in [5, 5.41) is 10.1. The van der Waals surface area contributed by atoms with Gasteiger partial charge in [-0.25, -0.2) is 0 Å². The Morgan fingerprint density at radius 3 is 1.90 bits per heavy atom. The first-order valence-electron chi connectivity index (χ1n) is 7.14. The number of ether oxygens (including phenoxy) is 2. The topological polar surface area (TPSA) is 41.9 Å². The Hall–Kier alpha value is -0.970. The van der Waals surface area contributed by atoms with E-state index in [1.165, 1.54) is 0 Å². The van der Waals surface area contributed by atoms with Crippen molar-refractivity contribution in [3.8, 4) is 11.5 Å². The van der Waals surface area contributed by atoms with Gasteiger partial charge in [0.1, 0.15) is 24.2 Å².